The number of amides is 2. The number of rotatable bonds is 11. The number of hydrogen-bond donors (Lipinski definition) is 4. The van der Waals surface area contributed by atoms with Crippen LogP contribution in [-0.2, 0) is 42.6 Å². The molecule has 0 saturated carbocycles. The number of carbonyl (C=O) groups excluding carboxylic acids is 2. The number of aliphatic hydroxyl groups excluding tert-OH is 1. The Morgan fingerprint density at radius 1 is 0.986 bits per heavy atom. The van der Waals surface area contributed by atoms with Gasteiger partial charge in [0.25, 0.3) is 11.5 Å². The molecule has 1 aromatic carbocycles. The van der Waals surface area contributed by atoms with Crippen molar-refractivity contribution in [2.75, 3.05) is 83.2 Å². The number of anilines is 7. The van der Waals surface area contributed by atoms with Crippen LogP contribution in [-0.4, -0.2) is 123 Å². The molecule has 11 rings (SSSR count). The van der Waals surface area contributed by atoms with Crippen molar-refractivity contribution in [3.8, 4) is 17.0 Å². The topological polar surface area (TPSA) is 187 Å². The van der Waals surface area contributed by atoms with Crippen molar-refractivity contribution >= 4 is 52.0 Å². The largest absolute Gasteiger partial charge is 0.487 e. The van der Waals surface area contributed by atoms with Crippen LogP contribution in [0.1, 0.15) is 80.7 Å². The average molecular weight is 993 g/mol. The summed E-state index contributed by atoms with van der Waals surface area (Å²) in [6.07, 6.45) is 12.5. The number of piperazine rings is 1. The lowest BCUT2D eigenvalue weighted by Gasteiger charge is -2.48. The molecule has 0 radical (unpaired) electrons. The summed E-state index contributed by atoms with van der Waals surface area (Å²) in [5.41, 5.74) is 7.36. The van der Waals surface area contributed by atoms with Gasteiger partial charge >= 0.3 is 0 Å². The highest BCUT2D eigenvalue weighted by Gasteiger charge is 2.39. The molecule has 3 saturated heterocycles. The number of piperidine rings is 1. The van der Waals surface area contributed by atoms with Crippen LogP contribution < -0.4 is 40.9 Å². The molecule has 384 valence electrons. The highest BCUT2D eigenvalue weighted by Crippen LogP contribution is 2.41. The number of nitrogens with one attached hydrogen (secondary N) is 3. The number of aromatic nitrogens is 5. The van der Waals surface area contributed by atoms with E-state index < -0.39 is 6.61 Å². The molecule has 5 aliphatic heterocycles. The van der Waals surface area contributed by atoms with Crippen molar-refractivity contribution in [3.63, 3.8) is 0 Å². The summed E-state index contributed by atoms with van der Waals surface area (Å²) in [5, 5.41) is 20.8. The fourth-order valence-electron chi connectivity index (χ4n) is 12.4. The van der Waals surface area contributed by atoms with E-state index in [4.69, 9.17) is 19.4 Å². The summed E-state index contributed by atoms with van der Waals surface area (Å²) in [7, 11) is 1.65. The van der Waals surface area contributed by atoms with Crippen LogP contribution in [0.3, 0.4) is 0 Å². The van der Waals surface area contributed by atoms with E-state index in [0.29, 0.717) is 77.4 Å². The Labute approximate surface area is 426 Å². The van der Waals surface area contributed by atoms with Crippen LogP contribution in [0.25, 0.3) is 11.3 Å². The molecule has 9 heterocycles. The minimum atomic E-state index is -0.403. The molecule has 1 unspecified atom stereocenters. The molecule has 0 spiro atoms. The van der Waals surface area contributed by atoms with Crippen LogP contribution in [0, 0.1) is 11.3 Å². The van der Waals surface area contributed by atoms with Gasteiger partial charge in [-0.2, -0.15) is 0 Å². The Bertz CT molecular complexity index is 3020. The monoisotopic (exact) mass is 993 g/mol. The second kappa shape index (κ2) is 19.6. The van der Waals surface area contributed by atoms with Crippen molar-refractivity contribution in [1.82, 2.24) is 29.0 Å². The Morgan fingerprint density at radius 2 is 1.82 bits per heavy atom. The number of nitrogens with zero attached hydrogens (tertiary/aromatic N) is 9. The number of ether oxygens (including phenoxy) is 2. The van der Waals surface area contributed by atoms with Gasteiger partial charge in [0.15, 0.2) is 17.4 Å². The van der Waals surface area contributed by atoms with E-state index >= 15 is 0 Å². The van der Waals surface area contributed by atoms with E-state index in [1.165, 1.54) is 21.9 Å². The number of carbonyl (C=O) groups is 2. The van der Waals surface area contributed by atoms with Crippen molar-refractivity contribution in [1.29, 1.82) is 0 Å². The van der Waals surface area contributed by atoms with Gasteiger partial charge in [-0.25, -0.2) is 15.0 Å². The molecule has 18 heteroatoms. The maximum Gasteiger partial charge on any atom is 0.293 e. The predicted molar refractivity (Wildman–Crippen MR) is 283 cm³/mol. The summed E-state index contributed by atoms with van der Waals surface area (Å²) in [6.45, 7) is 19.0. The number of hydrogen-bond acceptors (Lipinski definition) is 14. The second-order valence-corrected chi connectivity index (χ2v) is 21.7. The van der Waals surface area contributed by atoms with E-state index in [1.54, 1.807) is 30.4 Å². The Morgan fingerprint density at radius 3 is 2.60 bits per heavy atom. The smallest absolute Gasteiger partial charge is 0.293 e. The first-order valence-corrected chi connectivity index (χ1v) is 26.0. The quantitative estimate of drug-likeness (QED) is 0.107. The van der Waals surface area contributed by atoms with Gasteiger partial charge in [0.2, 0.25) is 5.91 Å². The maximum absolute atomic E-state index is 14.1. The van der Waals surface area contributed by atoms with Gasteiger partial charge in [-0.1, -0.05) is 20.4 Å². The van der Waals surface area contributed by atoms with Crippen LogP contribution in [0.2, 0.25) is 0 Å². The molecular formula is C55H68N12O6. The molecule has 5 aromatic rings. The SMILES string of the molecule is C=CC(=O)Nc1cc(Nc2nc(-c3ccnc(N4CCn5c(cc6c5CC(C)(C)C6)C4=O)c3CO)cn(C)c2=O)ccc1N1CCN(C2CCN(c3cnc4c(c3)OC[C@@H](C3CCOCC3)N4)[C@H](C)C2)C[C@@H]1C. The summed E-state index contributed by atoms with van der Waals surface area (Å²) < 4.78 is 15.5. The zero-order chi connectivity index (χ0) is 50.7. The van der Waals surface area contributed by atoms with Gasteiger partial charge in [0.1, 0.15) is 18.1 Å². The van der Waals surface area contributed by atoms with Gasteiger partial charge in [-0.3, -0.25) is 24.2 Å². The highest BCUT2D eigenvalue weighted by molar-refractivity contribution is 6.06. The first-order chi connectivity index (χ1) is 35.2. The van der Waals surface area contributed by atoms with Crippen LogP contribution >= 0.6 is 0 Å². The molecule has 1 aliphatic carbocycles. The number of benzene rings is 1. The first kappa shape index (κ1) is 48.5. The van der Waals surface area contributed by atoms with Crippen molar-refractivity contribution in [2.45, 2.75) is 104 Å². The van der Waals surface area contributed by atoms with Crippen molar-refractivity contribution in [3.05, 3.63) is 101 Å². The van der Waals surface area contributed by atoms with E-state index in [0.717, 1.165) is 101 Å². The van der Waals surface area contributed by atoms with E-state index in [2.05, 4.69) is 80.5 Å². The third-order valence-corrected chi connectivity index (χ3v) is 16.2. The lowest BCUT2D eigenvalue weighted by Crippen LogP contribution is -2.58. The fraction of sp³-hybridized carbons (Fsp3) is 0.491. The van der Waals surface area contributed by atoms with Gasteiger partial charge in [0, 0.05) is 119 Å². The fourth-order valence-corrected chi connectivity index (χ4v) is 12.4. The van der Waals surface area contributed by atoms with Gasteiger partial charge < -0.3 is 49.5 Å². The van der Waals surface area contributed by atoms with E-state index in [-0.39, 0.29) is 40.7 Å². The lowest BCUT2D eigenvalue weighted by atomic mass is 9.90. The second-order valence-electron chi connectivity index (χ2n) is 21.7. The number of aryl methyl sites for hydroxylation is 1. The lowest BCUT2D eigenvalue weighted by molar-refractivity contribution is -0.111. The third-order valence-electron chi connectivity index (χ3n) is 16.2. The summed E-state index contributed by atoms with van der Waals surface area (Å²) in [5.74, 6) is 2.09. The van der Waals surface area contributed by atoms with Gasteiger partial charge in [0.05, 0.1) is 41.6 Å². The molecule has 4 atom stereocenters. The van der Waals surface area contributed by atoms with Gasteiger partial charge in [-0.05, 0) is 106 Å². The minimum absolute atomic E-state index is 0.0510. The molecule has 73 heavy (non-hydrogen) atoms. The zero-order valence-electron chi connectivity index (χ0n) is 42.7. The Hall–Kier alpha value is -6.76. The van der Waals surface area contributed by atoms with Gasteiger partial charge in [-0.15, -0.1) is 0 Å². The first-order valence-electron chi connectivity index (χ1n) is 26.0. The molecule has 18 nitrogen and oxygen atoms in total. The molecule has 4 aromatic heterocycles. The third kappa shape index (κ3) is 9.33. The number of fused-ring (bicyclic) bond motifs is 4. The molecular weight excluding hydrogens is 925 g/mol. The Kier molecular flexibility index (Phi) is 13.0. The number of pyridine rings is 2. The standard InChI is InChI=1S/C55H68N12O6/c1-7-49(69)59-42-24-37(58-51-54(71)62(6)30-43(60-51)40-10-14-56-52(41(40)31-68)67-19-18-66-46(53(67)70)23-36-26-55(4,5)27-47(36)66)8-9-45(42)65-17-16-63(29-34(65)3)38-11-15-64(33(2)22-38)39-25-48-50(57-28-39)61-44(32-73-48)35-12-20-72-21-13-35/h7-10,14,23-25,28,30,33-35,38,44,68H,1,11-13,15-22,26-27,29,31-32H2,2-6H3,(H,57,61)(H,58,60)(H,59,69)/t33-,34+,38?,44+/m1/s1. The number of aliphatic hydroxyl groups is 1. The highest BCUT2D eigenvalue weighted by atomic mass is 16.5. The van der Waals surface area contributed by atoms with Crippen molar-refractivity contribution < 1.29 is 24.2 Å². The molecule has 0 bridgehead atoms. The van der Waals surface area contributed by atoms with Crippen LogP contribution in [0.15, 0.2) is 72.4 Å². The molecule has 3 fully saturated rings. The normalized spacial score (nSPS) is 23.0. The summed E-state index contributed by atoms with van der Waals surface area (Å²) in [6, 6.07) is 12.7. The maximum atomic E-state index is 14.1. The minimum Gasteiger partial charge on any atom is -0.487 e. The van der Waals surface area contributed by atoms with Crippen LogP contribution in [0.5, 0.6) is 5.75 Å². The van der Waals surface area contributed by atoms with E-state index in [9.17, 15) is 19.5 Å². The van der Waals surface area contributed by atoms with Crippen LogP contribution in [0.4, 0.5) is 40.2 Å². The summed E-state index contributed by atoms with van der Waals surface area (Å²) in [4.78, 5) is 64.1. The molecule has 4 N–H and O–H groups in total. The molecule has 2 amide bonds. The molecule has 6 aliphatic rings. The van der Waals surface area contributed by atoms with Crippen molar-refractivity contribution in [2.24, 2.45) is 18.4 Å². The van der Waals surface area contributed by atoms with E-state index in [1.807, 2.05) is 30.5 Å². The summed E-state index contributed by atoms with van der Waals surface area (Å²) >= 11 is 0. The average Bonchev–Trinajstić information content (AvgIpc) is 3.89. The Balaban J connectivity index is 0.770. The predicted octanol–water partition coefficient (Wildman–Crippen LogP) is 6.35. The zero-order valence-corrected chi connectivity index (χ0v) is 42.7.